The van der Waals surface area contributed by atoms with Crippen LogP contribution in [0.1, 0.15) is 12.5 Å². The minimum absolute atomic E-state index is 0.797. The van der Waals surface area contributed by atoms with Gasteiger partial charge in [0, 0.05) is 18.8 Å². The smallest absolute Gasteiger partial charge is 0.0351 e. The van der Waals surface area contributed by atoms with E-state index in [1.165, 1.54) is 0 Å². The first-order valence-corrected chi connectivity index (χ1v) is 5.15. The minimum atomic E-state index is 0.797. The van der Waals surface area contributed by atoms with E-state index < -0.39 is 0 Å². The molecule has 0 aliphatic heterocycles. The summed E-state index contributed by atoms with van der Waals surface area (Å²) < 4.78 is 0. The molecule has 1 aromatic rings. The number of nitrogens with two attached hydrogens (primary N) is 1. The average Bonchev–Trinajstić information content (AvgIpc) is 2.26. The third kappa shape index (κ3) is 3.90. The second-order valence-corrected chi connectivity index (χ2v) is 3.36. The summed E-state index contributed by atoms with van der Waals surface area (Å²) in [5.41, 5.74) is 7.56. The molecule has 0 amide bonds. The molecule has 0 saturated heterocycles. The topological polar surface area (TPSA) is 29.3 Å². The molecular weight excluding hydrogens is 184 g/mol. The molecule has 2 nitrogen and oxygen atoms in total. The predicted molar refractivity (Wildman–Crippen MR) is 67.3 cm³/mol. The van der Waals surface area contributed by atoms with E-state index in [-0.39, 0.29) is 0 Å². The minimum Gasteiger partial charge on any atom is -0.399 e. The SMILES string of the molecule is C=CCN(C=Cc1ccc(N)cc1)CC. The maximum atomic E-state index is 5.61. The van der Waals surface area contributed by atoms with Crippen LogP contribution in [0.4, 0.5) is 5.69 Å². The highest BCUT2D eigenvalue weighted by atomic mass is 15.1. The standard InChI is InChI=1S/C13H18N2/c1-3-10-15(4-2)11-9-12-5-7-13(14)8-6-12/h3,5-9,11H,1,4,10,14H2,2H3. The zero-order chi connectivity index (χ0) is 11.1. The fourth-order valence-corrected chi connectivity index (χ4v) is 1.26. The Morgan fingerprint density at radius 3 is 2.53 bits per heavy atom. The van der Waals surface area contributed by atoms with Gasteiger partial charge in [0.25, 0.3) is 0 Å². The van der Waals surface area contributed by atoms with E-state index in [0.29, 0.717) is 0 Å². The Hall–Kier alpha value is -1.70. The quantitative estimate of drug-likeness (QED) is 0.587. The number of likely N-dealkylation sites (N-methyl/N-ethyl adjacent to an activating group) is 1. The highest BCUT2D eigenvalue weighted by Gasteiger charge is 1.91. The Morgan fingerprint density at radius 2 is 2.00 bits per heavy atom. The van der Waals surface area contributed by atoms with Gasteiger partial charge in [0.1, 0.15) is 0 Å². The zero-order valence-corrected chi connectivity index (χ0v) is 9.19. The lowest BCUT2D eigenvalue weighted by Crippen LogP contribution is -2.15. The van der Waals surface area contributed by atoms with Gasteiger partial charge in [0.2, 0.25) is 0 Å². The van der Waals surface area contributed by atoms with Gasteiger partial charge in [-0.1, -0.05) is 18.2 Å². The second-order valence-electron chi connectivity index (χ2n) is 3.36. The first-order valence-electron chi connectivity index (χ1n) is 5.15. The summed E-state index contributed by atoms with van der Waals surface area (Å²) in [4.78, 5) is 2.18. The Balaban J connectivity index is 2.62. The molecule has 0 atom stereocenters. The van der Waals surface area contributed by atoms with Crippen molar-refractivity contribution in [1.29, 1.82) is 0 Å². The molecule has 0 aliphatic rings. The van der Waals surface area contributed by atoms with Crippen LogP contribution in [0.15, 0.2) is 43.1 Å². The number of hydrogen-bond donors (Lipinski definition) is 1. The van der Waals surface area contributed by atoms with Crippen LogP contribution in [-0.4, -0.2) is 18.0 Å². The number of nitrogens with zero attached hydrogens (tertiary/aromatic N) is 1. The Bertz CT molecular complexity index is 325. The normalized spacial score (nSPS) is 10.5. The van der Waals surface area contributed by atoms with Crippen LogP contribution in [0.25, 0.3) is 6.08 Å². The number of rotatable bonds is 5. The van der Waals surface area contributed by atoms with E-state index in [2.05, 4.69) is 30.7 Å². The van der Waals surface area contributed by atoms with Crippen molar-refractivity contribution in [2.45, 2.75) is 6.92 Å². The van der Waals surface area contributed by atoms with E-state index in [1.54, 1.807) is 0 Å². The molecule has 0 saturated carbocycles. The summed E-state index contributed by atoms with van der Waals surface area (Å²) in [7, 11) is 0. The molecule has 15 heavy (non-hydrogen) atoms. The van der Waals surface area contributed by atoms with Gasteiger partial charge in [-0.25, -0.2) is 0 Å². The van der Waals surface area contributed by atoms with Crippen molar-refractivity contribution in [2.75, 3.05) is 18.8 Å². The predicted octanol–water partition coefficient (Wildman–Crippen LogP) is 2.75. The lowest BCUT2D eigenvalue weighted by molar-refractivity contribution is 0.442. The van der Waals surface area contributed by atoms with E-state index in [0.717, 1.165) is 24.3 Å². The van der Waals surface area contributed by atoms with E-state index in [9.17, 15) is 0 Å². The molecule has 0 unspecified atom stereocenters. The molecule has 80 valence electrons. The molecular formula is C13H18N2. The number of anilines is 1. The lowest BCUT2D eigenvalue weighted by atomic mass is 10.2. The molecule has 0 aromatic heterocycles. The van der Waals surface area contributed by atoms with E-state index >= 15 is 0 Å². The molecule has 1 rings (SSSR count). The molecule has 0 heterocycles. The molecule has 0 radical (unpaired) electrons. The van der Waals surface area contributed by atoms with Gasteiger partial charge in [0.05, 0.1) is 0 Å². The first-order chi connectivity index (χ1) is 7.26. The van der Waals surface area contributed by atoms with E-state index in [4.69, 9.17) is 5.73 Å². The third-order valence-electron chi connectivity index (χ3n) is 2.18. The van der Waals surface area contributed by atoms with Crippen LogP contribution in [0, 0.1) is 0 Å². The van der Waals surface area contributed by atoms with Crippen LogP contribution in [0.3, 0.4) is 0 Å². The van der Waals surface area contributed by atoms with Crippen molar-refractivity contribution in [1.82, 2.24) is 4.90 Å². The molecule has 0 spiro atoms. The van der Waals surface area contributed by atoms with Crippen molar-refractivity contribution in [2.24, 2.45) is 0 Å². The number of hydrogen-bond acceptors (Lipinski definition) is 2. The van der Waals surface area contributed by atoms with Crippen molar-refractivity contribution in [3.05, 3.63) is 48.7 Å². The zero-order valence-electron chi connectivity index (χ0n) is 9.19. The summed E-state index contributed by atoms with van der Waals surface area (Å²) in [5.74, 6) is 0. The summed E-state index contributed by atoms with van der Waals surface area (Å²) in [6, 6.07) is 7.83. The fraction of sp³-hybridized carbons (Fsp3) is 0.231. The molecule has 2 N–H and O–H groups in total. The average molecular weight is 202 g/mol. The largest absolute Gasteiger partial charge is 0.399 e. The monoisotopic (exact) mass is 202 g/mol. The van der Waals surface area contributed by atoms with E-state index in [1.807, 2.05) is 30.3 Å². The van der Waals surface area contributed by atoms with Gasteiger partial charge in [-0.05, 0) is 36.9 Å². The molecule has 0 fully saturated rings. The van der Waals surface area contributed by atoms with Gasteiger partial charge < -0.3 is 10.6 Å². The fourth-order valence-electron chi connectivity index (χ4n) is 1.26. The van der Waals surface area contributed by atoms with Crippen LogP contribution >= 0.6 is 0 Å². The molecule has 0 bridgehead atoms. The van der Waals surface area contributed by atoms with Crippen molar-refractivity contribution < 1.29 is 0 Å². The summed E-state index contributed by atoms with van der Waals surface area (Å²) in [5, 5.41) is 0. The van der Waals surface area contributed by atoms with Crippen molar-refractivity contribution in [3.8, 4) is 0 Å². The third-order valence-corrected chi connectivity index (χ3v) is 2.18. The summed E-state index contributed by atoms with van der Waals surface area (Å²) in [6.07, 6.45) is 6.05. The molecule has 0 aliphatic carbocycles. The maximum Gasteiger partial charge on any atom is 0.0351 e. The lowest BCUT2D eigenvalue weighted by Gasteiger charge is -2.14. The first kappa shape index (κ1) is 11.4. The van der Waals surface area contributed by atoms with Crippen molar-refractivity contribution >= 4 is 11.8 Å². The van der Waals surface area contributed by atoms with Gasteiger partial charge in [-0.3, -0.25) is 0 Å². The Labute approximate surface area is 91.7 Å². The summed E-state index contributed by atoms with van der Waals surface area (Å²) >= 11 is 0. The van der Waals surface area contributed by atoms with Crippen LogP contribution < -0.4 is 5.73 Å². The van der Waals surface area contributed by atoms with Gasteiger partial charge in [-0.15, -0.1) is 6.58 Å². The second kappa shape index (κ2) is 5.91. The molecule has 2 heteroatoms. The number of benzene rings is 1. The summed E-state index contributed by atoms with van der Waals surface area (Å²) in [6.45, 7) is 7.71. The maximum absolute atomic E-state index is 5.61. The van der Waals surface area contributed by atoms with Gasteiger partial charge in [0.15, 0.2) is 0 Å². The number of nitrogen functional groups attached to an aromatic ring is 1. The van der Waals surface area contributed by atoms with Crippen LogP contribution in [0.2, 0.25) is 0 Å². The van der Waals surface area contributed by atoms with Crippen LogP contribution in [0.5, 0.6) is 0 Å². The van der Waals surface area contributed by atoms with Gasteiger partial charge >= 0.3 is 0 Å². The Morgan fingerprint density at radius 1 is 1.33 bits per heavy atom. The van der Waals surface area contributed by atoms with Crippen LogP contribution in [-0.2, 0) is 0 Å². The highest BCUT2D eigenvalue weighted by Crippen LogP contribution is 2.07. The Kier molecular flexibility index (Phi) is 4.48. The van der Waals surface area contributed by atoms with Gasteiger partial charge in [-0.2, -0.15) is 0 Å². The molecule has 1 aromatic carbocycles. The van der Waals surface area contributed by atoms with Crippen molar-refractivity contribution in [3.63, 3.8) is 0 Å². The highest BCUT2D eigenvalue weighted by molar-refractivity contribution is 5.53.